The summed E-state index contributed by atoms with van der Waals surface area (Å²) in [5.74, 6) is 0.882. The second kappa shape index (κ2) is 5.73. The Kier molecular flexibility index (Phi) is 3.55. The van der Waals surface area contributed by atoms with Gasteiger partial charge in [0.15, 0.2) is 5.65 Å². The number of pyridine rings is 1. The summed E-state index contributed by atoms with van der Waals surface area (Å²) in [6.07, 6.45) is 0. The topological polar surface area (TPSA) is 54.5 Å². The molecule has 0 radical (unpaired) electrons. The first-order valence-corrected chi connectivity index (χ1v) is 8.37. The molecule has 0 N–H and O–H groups in total. The van der Waals surface area contributed by atoms with Gasteiger partial charge < -0.3 is 4.57 Å². The molecule has 0 aliphatic rings. The fraction of sp³-hybridized carbons (Fsp3) is 0.105. The number of imidazole rings is 1. The Morgan fingerprint density at radius 2 is 1.92 bits per heavy atom. The largest absolute Gasteiger partial charge is 0.322 e. The van der Waals surface area contributed by atoms with Gasteiger partial charge in [0.2, 0.25) is 0 Å². The summed E-state index contributed by atoms with van der Waals surface area (Å²) in [6.45, 7) is 2.66. The summed E-state index contributed by atoms with van der Waals surface area (Å²) in [4.78, 5) is 8.78. The quantitative estimate of drug-likeness (QED) is 0.514. The number of nitrogens with zero attached hydrogens (tertiary/aromatic N) is 4. The van der Waals surface area contributed by atoms with Gasteiger partial charge in [0, 0.05) is 4.47 Å². The minimum Gasteiger partial charge on any atom is -0.322 e. The number of halogens is 1. The minimum atomic E-state index is 0.388. The maximum atomic E-state index is 8.99. The third-order valence-electron chi connectivity index (χ3n) is 4.19. The Bertz CT molecular complexity index is 1120. The second-order valence-electron chi connectivity index (χ2n) is 5.66. The summed E-state index contributed by atoms with van der Waals surface area (Å²) < 4.78 is 3.22. The van der Waals surface area contributed by atoms with Crippen molar-refractivity contribution in [3.8, 4) is 6.07 Å². The van der Waals surface area contributed by atoms with Crippen LogP contribution < -0.4 is 0 Å². The predicted octanol–water partition coefficient (Wildman–Crippen LogP) is 4.58. The highest BCUT2D eigenvalue weighted by Gasteiger charge is 2.12. The molecule has 116 valence electrons. The van der Waals surface area contributed by atoms with Crippen LogP contribution >= 0.6 is 15.9 Å². The van der Waals surface area contributed by atoms with Gasteiger partial charge in [-0.3, -0.25) is 0 Å². The van der Waals surface area contributed by atoms with Crippen molar-refractivity contribution >= 4 is 37.9 Å². The number of aryl methyl sites for hydroxylation is 1. The van der Waals surface area contributed by atoms with Crippen molar-refractivity contribution in [3.63, 3.8) is 0 Å². The lowest BCUT2D eigenvalue weighted by Gasteiger charge is -2.11. The normalized spacial score (nSPS) is 11.0. The molecule has 0 fully saturated rings. The number of aromatic nitrogens is 3. The van der Waals surface area contributed by atoms with Gasteiger partial charge in [-0.05, 0) is 51.3 Å². The number of fused-ring (bicyclic) bond motifs is 2. The van der Waals surface area contributed by atoms with Crippen molar-refractivity contribution in [3.05, 3.63) is 70.1 Å². The molecule has 24 heavy (non-hydrogen) atoms. The molecule has 4 rings (SSSR count). The van der Waals surface area contributed by atoms with E-state index < -0.39 is 0 Å². The first-order chi connectivity index (χ1) is 11.7. The van der Waals surface area contributed by atoms with E-state index in [0.717, 1.165) is 15.8 Å². The first kappa shape index (κ1) is 14.9. The highest BCUT2D eigenvalue weighted by atomic mass is 79.9. The SMILES string of the molecule is Cc1nc2nc(C#N)ccc2n1Cc1ccc2ccccc2c1Br. The van der Waals surface area contributed by atoms with Gasteiger partial charge in [-0.2, -0.15) is 5.26 Å². The smallest absolute Gasteiger partial charge is 0.179 e. The lowest BCUT2D eigenvalue weighted by molar-refractivity contribution is 0.784. The summed E-state index contributed by atoms with van der Waals surface area (Å²) in [7, 11) is 0. The predicted molar refractivity (Wildman–Crippen MR) is 97.7 cm³/mol. The van der Waals surface area contributed by atoms with Crippen LogP contribution in [0.1, 0.15) is 17.1 Å². The molecule has 0 aliphatic heterocycles. The highest BCUT2D eigenvalue weighted by Crippen LogP contribution is 2.29. The lowest BCUT2D eigenvalue weighted by atomic mass is 10.1. The minimum absolute atomic E-state index is 0.388. The summed E-state index contributed by atoms with van der Waals surface area (Å²) >= 11 is 3.75. The van der Waals surface area contributed by atoms with Gasteiger partial charge in [0.25, 0.3) is 0 Å². The van der Waals surface area contributed by atoms with E-state index >= 15 is 0 Å². The molecule has 0 atom stereocenters. The molecule has 2 aromatic carbocycles. The van der Waals surface area contributed by atoms with E-state index in [4.69, 9.17) is 5.26 Å². The molecule has 2 aromatic heterocycles. The maximum absolute atomic E-state index is 8.99. The molecule has 0 spiro atoms. The van der Waals surface area contributed by atoms with Crippen LogP contribution in [0.5, 0.6) is 0 Å². The van der Waals surface area contributed by atoms with Crippen LogP contribution in [0.3, 0.4) is 0 Å². The van der Waals surface area contributed by atoms with Crippen LogP contribution in [0.4, 0.5) is 0 Å². The second-order valence-corrected chi connectivity index (χ2v) is 6.45. The average Bonchev–Trinajstić information content (AvgIpc) is 2.92. The fourth-order valence-electron chi connectivity index (χ4n) is 2.95. The third-order valence-corrected chi connectivity index (χ3v) is 5.13. The summed E-state index contributed by atoms with van der Waals surface area (Å²) in [5.41, 5.74) is 3.12. The Balaban J connectivity index is 1.84. The van der Waals surface area contributed by atoms with E-state index in [-0.39, 0.29) is 0 Å². The molecule has 0 amide bonds. The van der Waals surface area contributed by atoms with Gasteiger partial charge in [0.05, 0.1) is 12.1 Å². The highest BCUT2D eigenvalue weighted by molar-refractivity contribution is 9.10. The van der Waals surface area contributed by atoms with E-state index in [1.165, 1.54) is 16.3 Å². The zero-order valence-corrected chi connectivity index (χ0v) is 14.6. The van der Waals surface area contributed by atoms with Crippen molar-refractivity contribution in [2.24, 2.45) is 0 Å². The average molecular weight is 377 g/mol. The Labute approximate surface area is 147 Å². The van der Waals surface area contributed by atoms with E-state index in [0.29, 0.717) is 17.9 Å². The maximum Gasteiger partial charge on any atom is 0.179 e. The van der Waals surface area contributed by atoms with Gasteiger partial charge in [-0.25, -0.2) is 9.97 Å². The summed E-state index contributed by atoms with van der Waals surface area (Å²) in [5, 5.41) is 11.4. The van der Waals surface area contributed by atoms with Crippen molar-refractivity contribution < 1.29 is 0 Å². The van der Waals surface area contributed by atoms with Gasteiger partial charge >= 0.3 is 0 Å². The van der Waals surface area contributed by atoms with Gasteiger partial charge in [-0.15, -0.1) is 0 Å². The van der Waals surface area contributed by atoms with Crippen molar-refractivity contribution in [1.82, 2.24) is 14.5 Å². The van der Waals surface area contributed by atoms with Gasteiger partial charge in [-0.1, -0.05) is 36.4 Å². The van der Waals surface area contributed by atoms with Crippen LogP contribution in [0, 0.1) is 18.3 Å². The lowest BCUT2D eigenvalue weighted by Crippen LogP contribution is -2.03. The van der Waals surface area contributed by atoms with Crippen molar-refractivity contribution in [1.29, 1.82) is 5.26 Å². The molecular formula is C19H13BrN4. The molecule has 0 saturated carbocycles. The van der Waals surface area contributed by atoms with E-state index in [2.05, 4.69) is 60.8 Å². The Hall–Kier alpha value is -2.71. The van der Waals surface area contributed by atoms with Gasteiger partial charge in [0.1, 0.15) is 17.6 Å². The molecule has 0 aliphatic carbocycles. The van der Waals surface area contributed by atoms with Crippen LogP contribution in [-0.2, 0) is 6.54 Å². The monoisotopic (exact) mass is 376 g/mol. The third kappa shape index (κ3) is 2.36. The molecule has 0 bridgehead atoms. The Morgan fingerprint density at radius 1 is 1.08 bits per heavy atom. The zero-order chi connectivity index (χ0) is 16.7. The van der Waals surface area contributed by atoms with Crippen LogP contribution in [0.25, 0.3) is 21.9 Å². The fourth-order valence-corrected chi connectivity index (χ4v) is 3.57. The van der Waals surface area contributed by atoms with Crippen LogP contribution in [-0.4, -0.2) is 14.5 Å². The van der Waals surface area contributed by atoms with Crippen molar-refractivity contribution in [2.45, 2.75) is 13.5 Å². The molecule has 5 heteroatoms. The van der Waals surface area contributed by atoms with E-state index in [9.17, 15) is 0 Å². The van der Waals surface area contributed by atoms with E-state index in [1.807, 2.05) is 25.1 Å². The number of nitriles is 1. The number of hydrogen-bond acceptors (Lipinski definition) is 3. The standard InChI is InChI=1S/C19H13BrN4/c1-12-22-19-17(9-8-15(10-21)23-19)24(12)11-14-7-6-13-4-2-3-5-16(13)18(14)20/h2-9H,11H2,1H3. The van der Waals surface area contributed by atoms with Crippen LogP contribution in [0.2, 0.25) is 0 Å². The molecule has 0 saturated heterocycles. The zero-order valence-electron chi connectivity index (χ0n) is 13.0. The van der Waals surface area contributed by atoms with Crippen molar-refractivity contribution in [2.75, 3.05) is 0 Å². The number of rotatable bonds is 2. The molecule has 2 heterocycles. The molecule has 4 aromatic rings. The van der Waals surface area contributed by atoms with E-state index in [1.54, 1.807) is 6.07 Å². The Morgan fingerprint density at radius 3 is 2.75 bits per heavy atom. The summed E-state index contributed by atoms with van der Waals surface area (Å²) in [6, 6.07) is 18.3. The number of hydrogen-bond donors (Lipinski definition) is 0. The molecular weight excluding hydrogens is 364 g/mol. The molecule has 4 nitrogen and oxygen atoms in total. The first-order valence-electron chi connectivity index (χ1n) is 7.57. The molecule has 0 unspecified atom stereocenters. The number of benzene rings is 2. The van der Waals surface area contributed by atoms with Crippen LogP contribution in [0.15, 0.2) is 53.0 Å².